The molecule has 0 atom stereocenters. The molecule has 0 aromatic carbocycles. The average Bonchev–Trinajstić information content (AvgIpc) is 2.73. The van der Waals surface area contributed by atoms with Crippen molar-refractivity contribution in [3.05, 3.63) is 22.6 Å². The minimum atomic E-state index is -0.157. The summed E-state index contributed by atoms with van der Waals surface area (Å²) >= 11 is 0. The standard InChI is InChI=1S/C14H20N2O3.ClH/c1-9-12-10(17)5-4-6-11(12)19-13(9)14(18)16(3)8-7-15-2;/h15H,4-8H2,1-3H3;1H. The Balaban J connectivity index is 0.00000200. The number of rotatable bonds is 4. The molecule has 0 radical (unpaired) electrons. The topological polar surface area (TPSA) is 62.6 Å². The Morgan fingerprint density at radius 1 is 1.40 bits per heavy atom. The summed E-state index contributed by atoms with van der Waals surface area (Å²) in [5.74, 6) is 0.937. The van der Waals surface area contributed by atoms with Gasteiger partial charge in [-0.15, -0.1) is 12.4 Å². The highest BCUT2D eigenvalue weighted by Gasteiger charge is 2.29. The predicted octanol–water partition coefficient (Wildman–Crippen LogP) is 1.82. The number of Topliss-reactive ketones (excluding diaryl/α,β-unsaturated/α-hetero) is 1. The van der Waals surface area contributed by atoms with Crippen molar-refractivity contribution in [1.29, 1.82) is 0 Å². The highest BCUT2D eigenvalue weighted by molar-refractivity contribution is 6.03. The van der Waals surface area contributed by atoms with Crippen molar-refractivity contribution in [2.24, 2.45) is 0 Å². The first-order valence-corrected chi connectivity index (χ1v) is 6.61. The van der Waals surface area contributed by atoms with E-state index in [1.54, 1.807) is 18.9 Å². The molecule has 1 N–H and O–H groups in total. The van der Waals surface area contributed by atoms with Gasteiger partial charge in [0.2, 0.25) is 0 Å². The maximum absolute atomic E-state index is 12.3. The molecule has 1 aliphatic rings. The Hall–Kier alpha value is -1.33. The number of carbonyl (C=O) groups is 2. The molecule has 0 unspecified atom stereocenters. The summed E-state index contributed by atoms with van der Waals surface area (Å²) in [7, 11) is 3.58. The summed E-state index contributed by atoms with van der Waals surface area (Å²) in [5, 5.41) is 3.00. The molecule has 1 amide bonds. The Morgan fingerprint density at radius 3 is 2.70 bits per heavy atom. The smallest absolute Gasteiger partial charge is 0.289 e. The number of furan rings is 1. The fourth-order valence-electron chi connectivity index (χ4n) is 2.41. The lowest BCUT2D eigenvalue weighted by Crippen LogP contribution is -2.32. The van der Waals surface area contributed by atoms with Crippen molar-refractivity contribution in [1.82, 2.24) is 10.2 Å². The van der Waals surface area contributed by atoms with E-state index in [-0.39, 0.29) is 24.1 Å². The van der Waals surface area contributed by atoms with Gasteiger partial charge in [-0.05, 0) is 20.4 Å². The van der Waals surface area contributed by atoms with Gasteiger partial charge in [-0.1, -0.05) is 0 Å². The lowest BCUT2D eigenvalue weighted by molar-refractivity contribution is 0.0761. The highest BCUT2D eigenvalue weighted by atomic mass is 35.5. The SMILES string of the molecule is CNCCN(C)C(=O)c1oc2c(c1C)C(=O)CCC2.Cl. The van der Waals surface area contributed by atoms with Gasteiger partial charge in [0.15, 0.2) is 11.5 Å². The molecule has 0 fully saturated rings. The molecule has 6 heteroatoms. The third kappa shape index (κ3) is 3.04. The van der Waals surface area contributed by atoms with Gasteiger partial charge in [0, 0.05) is 38.5 Å². The monoisotopic (exact) mass is 300 g/mol. The molecular weight excluding hydrogens is 280 g/mol. The van der Waals surface area contributed by atoms with Gasteiger partial charge in [0.25, 0.3) is 5.91 Å². The molecule has 5 nitrogen and oxygen atoms in total. The molecule has 0 bridgehead atoms. The van der Waals surface area contributed by atoms with Crippen LogP contribution < -0.4 is 5.32 Å². The van der Waals surface area contributed by atoms with Crippen LogP contribution in [0.25, 0.3) is 0 Å². The van der Waals surface area contributed by atoms with Crippen LogP contribution in [0.15, 0.2) is 4.42 Å². The van der Waals surface area contributed by atoms with E-state index in [1.807, 2.05) is 7.05 Å². The predicted molar refractivity (Wildman–Crippen MR) is 78.8 cm³/mol. The number of carbonyl (C=O) groups excluding carboxylic acids is 2. The van der Waals surface area contributed by atoms with E-state index in [0.29, 0.717) is 35.6 Å². The molecule has 0 aliphatic heterocycles. The highest BCUT2D eigenvalue weighted by Crippen LogP contribution is 2.29. The summed E-state index contributed by atoms with van der Waals surface area (Å²) in [6.45, 7) is 3.12. The van der Waals surface area contributed by atoms with E-state index in [9.17, 15) is 9.59 Å². The molecule has 1 heterocycles. The van der Waals surface area contributed by atoms with Crippen molar-refractivity contribution in [2.45, 2.75) is 26.2 Å². The van der Waals surface area contributed by atoms with Crippen LogP contribution in [-0.2, 0) is 6.42 Å². The third-order valence-corrected chi connectivity index (χ3v) is 3.54. The zero-order chi connectivity index (χ0) is 14.0. The van der Waals surface area contributed by atoms with Crippen molar-refractivity contribution >= 4 is 24.1 Å². The van der Waals surface area contributed by atoms with Crippen molar-refractivity contribution < 1.29 is 14.0 Å². The van der Waals surface area contributed by atoms with Crippen LogP contribution in [0.1, 0.15) is 45.1 Å². The summed E-state index contributed by atoms with van der Waals surface area (Å²) < 4.78 is 5.64. The second-order valence-electron chi connectivity index (χ2n) is 4.96. The lowest BCUT2D eigenvalue weighted by atomic mass is 9.94. The number of hydrogen-bond acceptors (Lipinski definition) is 4. The number of fused-ring (bicyclic) bond motifs is 1. The maximum Gasteiger partial charge on any atom is 0.289 e. The number of halogens is 1. The molecule has 1 aromatic heterocycles. The molecule has 2 rings (SSSR count). The summed E-state index contributed by atoms with van der Waals surface area (Å²) in [6.07, 6.45) is 2.11. The minimum absolute atomic E-state index is 0. The van der Waals surface area contributed by atoms with Crippen LogP contribution in [0.4, 0.5) is 0 Å². The number of nitrogens with one attached hydrogen (secondary N) is 1. The first kappa shape index (κ1) is 16.7. The van der Waals surface area contributed by atoms with E-state index in [2.05, 4.69) is 5.32 Å². The zero-order valence-electron chi connectivity index (χ0n) is 12.1. The molecule has 0 spiro atoms. The van der Waals surface area contributed by atoms with E-state index >= 15 is 0 Å². The number of ketones is 1. The minimum Gasteiger partial charge on any atom is -0.455 e. The second-order valence-corrected chi connectivity index (χ2v) is 4.96. The van der Waals surface area contributed by atoms with Gasteiger partial charge in [0.1, 0.15) is 5.76 Å². The molecule has 0 saturated heterocycles. The van der Waals surface area contributed by atoms with Crippen LogP contribution in [0.3, 0.4) is 0 Å². The Morgan fingerprint density at radius 2 is 2.10 bits per heavy atom. The zero-order valence-corrected chi connectivity index (χ0v) is 12.9. The van der Waals surface area contributed by atoms with Crippen molar-refractivity contribution in [3.63, 3.8) is 0 Å². The molecule has 1 aromatic rings. The van der Waals surface area contributed by atoms with Gasteiger partial charge < -0.3 is 14.6 Å². The van der Waals surface area contributed by atoms with Gasteiger partial charge in [-0.25, -0.2) is 0 Å². The van der Waals surface area contributed by atoms with E-state index in [0.717, 1.165) is 19.4 Å². The largest absolute Gasteiger partial charge is 0.455 e. The normalized spacial score (nSPS) is 13.7. The van der Waals surface area contributed by atoms with E-state index in [4.69, 9.17) is 4.42 Å². The fourth-order valence-corrected chi connectivity index (χ4v) is 2.41. The van der Waals surface area contributed by atoms with Crippen LogP contribution in [0, 0.1) is 6.92 Å². The first-order chi connectivity index (χ1) is 9.06. The van der Waals surface area contributed by atoms with Crippen LogP contribution in [-0.4, -0.2) is 43.8 Å². The lowest BCUT2D eigenvalue weighted by Gasteiger charge is -2.15. The summed E-state index contributed by atoms with van der Waals surface area (Å²) in [5.41, 5.74) is 1.33. The Labute approximate surface area is 125 Å². The van der Waals surface area contributed by atoms with Gasteiger partial charge in [0.05, 0.1) is 5.56 Å². The van der Waals surface area contributed by atoms with Crippen molar-refractivity contribution in [2.75, 3.05) is 27.2 Å². The third-order valence-electron chi connectivity index (χ3n) is 3.54. The van der Waals surface area contributed by atoms with Gasteiger partial charge in [-0.3, -0.25) is 9.59 Å². The molecule has 1 aliphatic carbocycles. The van der Waals surface area contributed by atoms with Crippen molar-refractivity contribution in [3.8, 4) is 0 Å². The Bertz CT molecular complexity index is 511. The Kier molecular flexibility index (Phi) is 5.77. The molecule has 20 heavy (non-hydrogen) atoms. The maximum atomic E-state index is 12.3. The van der Waals surface area contributed by atoms with Gasteiger partial charge >= 0.3 is 0 Å². The van der Waals surface area contributed by atoms with Crippen LogP contribution in [0.5, 0.6) is 0 Å². The number of nitrogens with zero attached hydrogens (tertiary/aromatic N) is 1. The number of hydrogen-bond donors (Lipinski definition) is 1. The number of amides is 1. The summed E-state index contributed by atoms with van der Waals surface area (Å²) in [6, 6.07) is 0. The van der Waals surface area contributed by atoms with E-state index < -0.39 is 0 Å². The molecule has 0 saturated carbocycles. The summed E-state index contributed by atoms with van der Waals surface area (Å²) in [4.78, 5) is 25.8. The fraction of sp³-hybridized carbons (Fsp3) is 0.571. The quantitative estimate of drug-likeness (QED) is 0.921. The molecule has 112 valence electrons. The number of likely N-dealkylation sites (N-methyl/N-ethyl adjacent to an activating group) is 2. The van der Waals surface area contributed by atoms with E-state index in [1.165, 1.54) is 0 Å². The van der Waals surface area contributed by atoms with Gasteiger partial charge in [-0.2, -0.15) is 0 Å². The molecular formula is C14H21ClN2O3. The second kappa shape index (κ2) is 6.90. The number of aryl methyl sites for hydroxylation is 1. The van der Waals surface area contributed by atoms with Crippen LogP contribution >= 0.6 is 12.4 Å². The van der Waals surface area contributed by atoms with Crippen LogP contribution in [0.2, 0.25) is 0 Å². The average molecular weight is 301 g/mol. The first-order valence-electron chi connectivity index (χ1n) is 6.61.